The maximum absolute atomic E-state index is 5.40. The lowest BCUT2D eigenvalue weighted by molar-refractivity contribution is 0.0450. The van der Waals surface area contributed by atoms with E-state index in [1.807, 2.05) is 13.8 Å². The molecule has 0 aromatic carbocycles. The summed E-state index contributed by atoms with van der Waals surface area (Å²) in [4.78, 5) is 0. The molecular weight excluding hydrogens is 140 g/mol. The molecule has 0 aliphatic carbocycles. The lowest BCUT2D eigenvalue weighted by Gasteiger charge is -2.22. The lowest BCUT2D eigenvalue weighted by Crippen LogP contribution is -2.43. The summed E-state index contributed by atoms with van der Waals surface area (Å²) >= 11 is 0. The highest BCUT2D eigenvalue weighted by Gasteiger charge is 2.13. The van der Waals surface area contributed by atoms with Crippen LogP contribution in [0, 0.1) is 0 Å². The maximum atomic E-state index is 5.40. The number of rotatable bonds is 6. The van der Waals surface area contributed by atoms with Gasteiger partial charge in [-0.05, 0) is 20.3 Å². The van der Waals surface area contributed by atoms with Gasteiger partial charge in [-0.25, -0.2) is 0 Å². The van der Waals surface area contributed by atoms with E-state index >= 15 is 0 Å². The Kier molecular flexibility index (Phi) is 6.51. The first kappa shape index (κ1) is 10.9. The molecule has 0 amide bonds. The highest BCUT2D eigenvalue weighted by molar-refractivity contribution is 4.69. The molecule has 0 aliphatic rings. The van der Waals surface area contributed by atoms with E-state index in [0.717, 1.165) is 19.4 Å². The number of hydrogen-bond acceptors (Lipinski definition) is 3. The first-order chi connectivity index (χ1) is 5.26. The first-order valence-electron chi connectivity index (χ1n) is 4.33. The number of ether oxygens (including phenoxy) is 1. The van der Waals surface area contributed by atoms with Gasteiger partial charge in [-0.1, -0.05) is 13.3 Å². The predicted molar refractivity (Wildman–Crippen MR) is 47.1 cm³/mol. The summed E-state index contributed by atoms with van der Waals surface area (Å²) in [5.41, 5.74) is 2.76. The number of hydrazine groups is 1. The fourth-order valence-electron chi connectivity index (χ4n) is 1.14. The largest absolute Gasteiger partial charge is 0.377 e. The summed E-state index contributed by atoms with van der Waals surface area (Å²) < 4.78 is 5.40. The third-order valence-electron chi connectivity index (χ3n) is 1.81. The summed E-state index contributed by atoms with van der Waals surface area (Å²) in [6.07, 6.45) is 2.41. The van der Waals surface area contributed by atoms with Crippen LogP contribution in [-0.4, -0.2) is 18.8 Å². The molecule has 3 heteroatoms. The fraction of sp³-hybridized carbons (Fsp3) is 1.00. The molecule has 2 unspecified atom stereocenters. The van der Waals surface area contributed by atoms with E-state index in [4.69, 9.17) is 10.6 Å². The van der Waals surface area contributed by atoms with Crippen LogP contribution in [0.25, 0.3) is 0 Å². The van der Waals surface area contributed by atoms with Crippen LogP contribution in [0.15, 0.2) is 0 Å². The van der Waals surface area contributed by atoms with Crippen molar-refractivity contribution in [3.05, 3.63) is 0 Å². The molecule has 11 heavy (non-hydrogen) atoms. The van der Waals surface area contributed by atoms with Gasteiger partial charge in [-0.2, -0.15) is 0 Å². The SMILES string of the molecule is CCCC(NN)C(C)OCC. The zero-order chi connectivity index (χ0) is 8.69. The van der Waals surface area contributed by atoms with Crippen molar-refractivity contribution in [1.29, 1.82) is 0 Å². The van der Waals surface area contributed by atoms with Gasteiger partial charge in [-0.3, -0.25) is 11.3 Å². The Balaban J connectivity index is 3.61. The molecule has 0 saturated heterocycles. The Bertz CT molecular complexity index is 88.2. The van der Waals surface area contributed by atoms with Crippen molar-refractivity contribution >= 4 is 0 Å². The van der Waals surface area contributed by atoms with Crippen molar-refractivity contribution in [3.8, 4) is 0 Å². The molecule has 68 valence electrons. The summed E-state index contributed by atoms with van der Waals surface area (Å²) in [6.45, 7) is 6.94. The van der Waals surface area contributed by atoms with E-state index in [1.165, 1.54) is 0 Å². The van der Waals surface area contributed by atoms with Gasteiger partial charge in [0.15, 0.2) is 0 Å². The van der Waals surface area contributed by atoms with Gasteiger partial charge in [0, 0.05) is 12.6 Å². The molecule has 0 fully saturated rings. The van der Waals surface area contributed by atoms with Crippen molar-refractivity contribution in [3.63, 3.8) is 0 Å². The highest BCUT2D eigenvalue weighted by Crippen LogP contribution is 2.04. The lowest BCUT2D eigenvalue weighted by atomic mass is 10.1. The minimum absolute atomic E-state index is 0.213. The Labute approximate surface area is 69.3 Å². The Hall–Kier alpha value is -0.120. The molecule has 0 spiro atoms. The van der Waals surface area contributed by atoms with Crippen molar-refractivity contribution in [1.82, 2.24) is 5.43 Å². The monoisotopic (exact) mass is 160 g/mol. The van der Waals surface area contributed by atoms with E-state index in [2.05, 4.69) is 12.3 Å². The van der Waals surface area contributed by atoms with E-state index < -0.39 is 0 Å². The minimum Gasteiger partial charge on any atom is -0.377 e. The van der Waals surface area contributed by atoms with Crippen LogP contribution >= 0.6 is 0 Å². The second kappa shape index (κ2) is 6.58. The second-order valence-corrected chi connectivity index (χ2v) is 2.72. The van der Waals surface area contributed by atoms with Crippen LogP contribution in [-0.2, 0) is 4.74 Å². The van der Waals surface area contributed by atoms with Gasteiger partial charge in [0.05, 0.1) is 6.10 Å². The van der Waals surface area contributed by atoms with Gasteiger partial charge in [-0.15, -0.1) is 0 Å². The van der Waals surface area contributed by atoms with Crippen molar-refractivity contribution in [2.24, 2.45) is 5.84 Å². The van der Waals surface area contributed by atoms with E-state index in [9.17, 15) is 0 Å². The topological polar surface area (TPSA) is 47.3 Å². The number of hydrogen-bond donors (Lipinski definition) is 2. The van der Waals surface area contributed by atoms with Crippen LogP contribution in [0.3, 0.4) is 0 Å². The molecular formula is C8H20N2O. The van der Waals surface area contributed by atoms with Crippen LogP contribution in [0.2, 0.25) is 0 Å². The van der Waals surface area contributed by atoms with Crippen molar-refractivity contribution in [2.45, 2.75) is 45.8 Å². The molecule has 0 aromatic rings. The zero-order valence-electron chi connectivity index (χ0n) is 7.76. The molecule has 3 N–H and O–H groups in total. The molecule has 0 bridgehead atoms. The number of nitrogens with one attached hydrogen (secondary N) is 1. The molecule has 2 atom stereocenters. The molecule has 0 saturated carbocycles. The molecule has 3 nitrogen and oxygen atoms in total. The standard InChI is InChI=1S/C8H20N2O/c1-4-6-8(10-9)7(3)11-5-2/h7-8,10H,4-6,9H2,1-3H3. The quantitative estimate of drug-likeness (QED) is 0.451. The fourth-order valence-corrected chi connectivity index (χ4v) is 1.14. The molecule has 0 rings (SSSR count). The summed E-state index contributed by atoms with van der Waals surface area (Å²) in [5, 5.41) is 0. The molecule has 0 radical (unpaired) electrons. The summed E-state index contributed by atoms with van der Waals surface area (Å²) in [5.74, 6) is 5.36. The third kappa shape index (κ3) is 4.35. The second-order valence-electron chi connectivity index (χ2n) is 2.72. The molecule has 0 heterocycles. The Morgan fingerprint density at radius 2 is 2.09 bits per heavy atom. The van der Waals surface area contributed by atoms with Crippen LogP contribution < -0.4 is 11.3 Å². The maximum Gasteiger partial charge on any atom is 0.0713 e. The smallest absolute Gasteiger partial charge is 0.0713 e. The average Bonchev–Trinajstić information content (AvgIpc) is 2.00. The molecule has 0 aliphatic heterocycles. The summed E-state index contributed by atoms with van der Waals surface area (Å²) in [6, 6.07) is 0.292. The minimum atomic E-state index is 0.213. The van der Waals surface area contributed by atoms with Gasteiger partial charge in [0.25, 0.3) is 0 Å². The molecule has 0 aromatic heterocycles. The average molecular weight is 160 g/mol. The van der Waals surface area contributed by atoms with Gasteiger partial charge in [0.1, 0.15) is 0 Å². The van der Waals surface area contributed by atoms with E-state index in [0.29, 0.717) is 6.04 Å². The normalized spacial score (nSPS) is 16.4. The van der Waals surface area contributed by atoms with Crippen LogP contribution in [0.5, 0.6) is 0 Å². The Morgan fingerprint density at radius 1 is 1.45 bits per heavy atom. The van der Waals surface area contributed by atoms with Gasteiger partial charge in [0.2, 0.25) is 0 Å². The van der Waals surface area contributed by atoms with Gasteiger partial charge < -0.3 is 4.74 Å². The highest BCUT2D eigenvalue weighted by atomic mass is 16.5. The van der Waals surface area contributed by atoms with Crippen LogP contribution in [0.4, 0.5) is 0 Å². The van der Waals surface area contributed by atoms with Crippen molar-refractivity contribution < 1.29 is 4.74 Å². The predicted octanol–water partition coefficient (Wildman–Crippen LogP) is 1.04. The third-order valence-corrected chi connectivity index (χ3v) is 1.81. The van der Waals surface area contributed by atoms with E-state index in [-0.39, 0.29) is 6.10 Å². The zero-order valence-corrected chi connectivity index (χ0v) is 7.76. The number of nitrogens with two attached hydrogens (primary N) is 1. The van der Waals surface area contributed by atoms with Crippen molar-refractivity contribution in [2.75, 3.05) is 6.61 Å². The van der Waals surface area contributed by atoms with E-state index in [1.54, 1.807) is 0 Å². The Morgan fingerprint density at radius 3 is 2.45 bits per heavy atom. The summed E-state index contributed by atoms with van der Waals surface area (Å²) in [7, 11) is 0. The van der Waals surface area contributed by atoms with Gasteiger partial charge >= 0.3 is 0 Å². The van der Waals surface area contributed by atoms with Crippen LogP contribution in [0.1, 0.15) is 33.6 Å². The first-order valence-corrected chi connectivity index (χ1v) is 4.33.